The zero-order valence-electron chi connectivity index (χ0n) is 15.4. The van der Waals surface area contributed by atoms with Crippen LogP contribution in [0, 0.1) is 13.1 Å². The molecule has 0 saturated carbocycles. The summed E-state index contributed by atoms with van der Waals surface area (Å²) in [6.07, 6.45) is 7.00. The van der Waals surface area contributed by atoms with Crippen molar-refractivity contribution in [1.82, 2.24) is 9.97 Å². The van der Waals surface area contributed by atoms with Gasteiger partial charge in [0.2, 0.25) is 0 Å². The molecule has 2 nitrogen and oxygen atoms in total. The van der Waals surface area contributed by atoms with Gasteiger partial charge in [-0.25, -0.2) is 0 Å². The summed E-state index contributed by atoms with van der Waals surface area (Å²) in [6.45, 7) is 21.1. The van der Waals surface area contributed by atoms with Gasteiger partial charge in [0.05, 0.1) is 0 Å². The van der Waals surface area contributed by atoms with E-state index in [9.17, 15) is 0 Å². The molecule has 0 spiro atoms. The van der Waals surface area contributed by atoms with Crippen LogP contribution < -0.4 is 0 Å². The van der Waals surface area contributed by atoms with Crippen LogP contribution >= 0.6 is 0 Å². The molecular weight excluding hydrogens is 359 g/mol. The number of rotatable bonds is 0. The van der Waals surface area contributed by atoms with Gasteiger partial charge in [0.15, 0.2) is 0 Å². The molecule has 23 heavy (non-hydrogen) atoms. The Kier molecular flexibility index (Phi) is 19.0. The second-order valence-electron chi connectivity index (χ2n) is 7.17. The zero-order valence-corrected chi connectivity index (χ0v) is 18.4. The van der Waals surface area contributed by atoms with Crippen molar-refractivity contribution in [2.45, 2.75) is 39.3 Å². The Bertz CT molecular complexity index is 317. The third-order valence-corrected chi connectivity index (χ3v) is 1.13. The van der Waals surface area contributed by atoms with Crippen molar-refractivity contribution in [1.29, 1.82) is 0 Å². The smallest absolute Gasteiger partial charge is 0.342 e. The molecule has 2 aromatic rings. The van der Waals surface area contributed by atoms with Crippen LogP contribution in [0.3, 0.4) is 0 Å². The summed E-state index contributed by atoms with van der Waals surface area (Å²) in [5.41, 5.74) is 0. The van der Waals surface area contributed by atoms with Gasteiger partial charge in [-0.2, -0.15) is 0 Å². The minimum absolute atomic E-state index is 0. The van der Waals surface area contributed by atoms with Crippen LogP contribution in [-0.2, 0) is 16.5 Å². The first-order valence-corrected chi connectivity index (χ1v) is 14.8. The topological polar surface area (TPSA) is 25.8 Å². The Labute approximate surface area is 156 Å². The Balaban J connectivity index is -0.000000230. The number of aromatic nitrogens is 2. The molecule has 0 aliphatic rings. The molecule has 2 aromatic heterocycles. The zero-order chi connectivity index (χ0) is 17.5. The molecule has 0 atom stereocenters. The fourth-order valence-electron chi connectivity index (χ4n) is 0.625. The van der Waals surface area contributed by atoms with Gasteiger partial charge in [-0.15, -0.1) is 16.1 Å². The molecule has 132 valence electrons. The predicted octanol–water partition coefficient (Wildman–Crippen LogP) is 5.56. The van der Waals surface area contributed by atoms with E-state index in [4.69, 9.17) is 0 Å². The van der Waals surface area contributed by atoms with Crippen molar-refractivity contribution in [3.63, 3.8) is 0 Å². The van der Waals surface area contributed by atoms with Gasteiger partial charge in [-0.3, -0.25) is 9.97 Å². The van der Waals surface area contributed by atoms with Gasteiger partial charge < -0.3 is 13.1 Å². The molecule has 0 bridgehead atoms. The average Bonchev–Trinajstić information content (AvgIpc) is 2.40. The molecule has 0 unspecified atom stereocenters. The Morgan fingerprint density at radius 3 is 0.739 bits per heavy atom. The molecule has 0 aromatic carbocycles. The van der Waals surface area contributed by atoms with Crippen molar-refractivity contribution in [2.75, 3.05) is 0 Å². The predicted molar refractivity (Wildman–Crippen MR) is 106 cm³/mol. The summed E-state index contributed by atoms with van der Waals surface area (Å²) < 4.78 is 0. The number of hydrogen-bond donors (Lipinski definition) is 0. The van der Waals surface area contributed by atoms with Gasteiger partial charge in [0, 0.05) is 24.8 Å². The van der Waals surface area contributed by atoms with Crippen LogP contribution in [0.5, 0.6) is 0 Å². The van der Waals surface area contributed by atoms with Gasteiger partial charge >= 0.3 is 16.5 Å². The summed E-state index contributed by atoms with van der Waals surface area (Å²) >= 11 is 0. The van der Waals surface area contributed by atoms with E-state index in [0.717, 1.165) is 0 Å². The van der Waals surface area contributed by atoms with Gasteiger partial charge in [0.25, 0.3) is 0 Å². The molecule has 0 fully saturated rings. The van der Waals surface area contributed by atoms with E-state index in [-0.39, 0.29) is 16.5 Å². The summed E-state index contributed by atoms with van der Waals surface area (Å²) in [7, 11) is -1.72. The van der Waals surface area contributed by atoms with E-state index in [1.807, 2.05) is 36.4 Å². The molecule has 0 radical (unpaired) electrons. The fourth-order valence-corrected chi connectivity index (χ4v) is 0.625. The van der Waals surface area contributed by atoms with E-state index < -0.39 is 16.1 Å². The SMILES string of the molecule is [CH2-][Si](C)(C)C.[CH2-][Si](C)(C)C.[Ni+2].c1ccncc1.c1ccncc1. The van der Waals surface area contributed by atoms with Crippen LogP contribution in [0.4, 0.5) is 0 Å². The first-order valence-electron chi connectivity index (χ1n) is 7.41. The third kappa shape index (κ3) is 62.3. The summed E-state index contributed by atoms with van der Waals surface area (Å²) in [5, 5.41) is 0. The van der Waals surface area contributed by atoms with Crippen molar-refractivity contribution in [3.8, 4) is 0 Å². The van der Waals surface area contributed by atoms with Gasteiger partial charge in [0.1, 0.15) is 0 Å². The maximum atomic E-state index is 3.91. The molecule has 2 heterocycles. The minimum Gasteiger partial charge on any atom is -0.342 e. The van der Waals surface area contributed by atoms with Gasteiger partial charge in [-0.1, -0.05) is 51.4 Å². The van der Waals surface area contributed by atoms with E-state index in [0.29, 0.717) is 0 Å². The van der Waals surface area contributed by atoms with Crippen LogP contribution in [0.1, 0.15) is 0 Å². The molecule has 0 aliphatic carbocycles. The molecule has 5 heteroatoms. The first-order chi connectivity index (χ1) is 10.0. The Morgan fingerprint density at radius 2 is 0.696 bits per heavy atom. The van der Waals surface area contributed by atoms with E-state index in [1.165, 1.54) is 0 Å². The number of pyridine rings is 2. The second-order valence-corrected chi connectivity index (χ2v) is 17.4. The molecule has 0 amide bonds. The molecule has 2 rings (SSSR count). The van der Waals surface area contributed by atoms with E-state index in [2.05, 4.69) is 62.3 Å². The van der Waals surface area contributed by atoms with Crippen LogP contribution in [0.2, 0.25) is 39.3 Å². The maximum Gasteiger partial charge on any atom is 2.00 e. The second kappa shape index (κ2) is 16.1. The third-order valence-electron chi connectivity index (χ3n) is 1.13. The summed E-state index contributed by atoms with van der Waals surface area (Å²) in [5.74, 6) is 0. The van der Waals surface area contributed by atoms with Crippen molar-refractivity contribution in [3.05, 3.63) is 74.3 Å². The molecule has 0 aliphatic heterocycles. The van der Waals surface area contributed by atoms with Crippen LogP contribution in [-0.4, -0.2) is 26.1 Å². The maximum absolute atomic E-state index is 3.91. The Hall–Kier alpha value is -0.773. The normalized spacial score (nSPS) is 9.39. The fraction of sp³-hybridized carbons (Fsp3) is 0.333. The molecular formula is C18H32N2NiSi2. The molecule has 0 saturated heterocycles. The Morgan fingerprint density at radius 1 is 0.522 bits per heavy atom. The summed E-state index contributed by atoms with van der Waals surface area (Å²) in [4.78, 5) is 7.57. The van der Waals surface area contributed by atoms with Crippen molar-refractivity contribution < 1.29 is 16.5 Å². The standard InChI is InChI=1S/2C5H5N.2C4H11Si.Ni/c2*1-2-4-6-5-3-1;2*1-5(2,3)4;/h2*1-5H;2*1H2,2-4H3;/q;;2*-1;+2. The first kappa shape index (κ1) is 27.1. The quantitative estimate of drug-likeness (QED) is 0.434. The average molecular weight is 391 g/mol. The minimum atomic E-state index is -0.861. The van der Waals surface area contributed by atoms with E-state index in [1.54, 1.807) is 24.8 Å². The number of nitrogens with zero attached hydrogens (tertiary/aromatic N) is 2. The monoisotopic (exact) mass is 390 g/mol. The van der Waals surface area contributed by atoms with Crippen LogP contribution in [0.25, 0.3) is 0 Å². The summed E-state index contributed by atoms with van der Waals surface area (Å²) in [6, 6.07) is 11.4. The van der Waals surface area contributed by atoms with Crippen molar-refractivity contribution in [2.24, 2.45) is 0 Å². The van der Waals surface area contributed by atoms with Gasteiger partial charge in [-0.05, 0) is 24.3 Å². The van der Waals surface area contributed by atoms with Crippen LogP contribution in [0.15, 0.2) is 61.2 Å². The molecule has 0 N–H and O–H groups in total. The largest absolute Gasteiger partial charge is 2.00 e. The number of hydrogen-bond acceptors (Lipinski definition) is 2. The van der Waals surface area contributed by atoms with E-state index >= 15 is 0 Å². The van der Waals surface area contributed by atoms with Crippen molar-refractivity contribution >= 4 is 16.1 Å².